The number of rotatable bonds is 1. The van der Waals surface area contributed by atoms with Gasteiger partial charge in [-0.2, -0.15) is 0 Å². The maximum absolute atomic E-state index is 5.83. The van der Waals surface area contributed by atoms with E-state index in [2.05, 4.69) is 6.07 Å². The van der Waals surface area contributed by atoms with Gasteiger partial charge >= 0.3 is 0 Å². The second-order valence-corrected chi connectivity index (χ2v) is 3.31. The average Bonchev–Trinajstić information content (AvgIpc) is 2.47. The highest BCUT2D eigenvalue weighted by molar-refractivity contribution is 5.40. The van der Waals surface area contributed by atoms with E-state index in [1.54, 1.807) is 0 Å². The van der Waals surface area contributed by atoms with Crippen LogP contribution in [0.4, 0.5) is 0 Å². The van der Waals surface area contributed by atoms with Crippen molar-refractivity contribution in [3.8, 4) is 5.75 Å². The highest BCUT2D eigenvalue weighted by atomic mass is 16.5. The minimum atomic E-state index is 0.175. The van der Waals surface area contributed by atoms with Gasteiger partial charge in [0.15, 0.2) is 0 Å². The van der Waals surface area contributed by atoms with Gasteiger partial charge in [0.05, 0.1) is 6.61 Å². The Hall–Kier alpha value is -1.02. The van der Waals surface area contributed by atoms with Gasteiger partial charge in [0, 0.05) is 17.5 Å². The first-order chi connectivity index (χ1) is 5.79. The number of benzene rings is 1. The molecule has 1 aromatic rings. The van der Waals surface area contributed by atoms with E-state index in [1.807, 2.05) is 25.1 Å². The molecule has 0 aromatic heterocycles. The number of ether oxygens (including phenoxy) is 1. The Morgan fingerprint density at radius 2 is 2.25 bits per heavy atom. The summed E-state index contributed by atoms with van der Waals surface area (Å²) >= 11 is 0. The summed E-state index contributed by atoms with van der Waals surface area (Å²) in [5.74, 6) is 1.38. The Balaban J connectivity index is 2.36. The Kier molecular flexibility index (Phi) is 1.77. The first-order valence-electron chi connectivity index (χ1n) is 4.26. The van der Waals surface area contributed by atoms with E-state index in [1.165, 1.54) is 5.56 Å². The van der Waals surface area contributed by atoms with Crippen molar-refractivity contribution in [3.05, 3.63) is 29.8 Å². The van der Waals surface area contributed by atoms with E-state index in [0.717, 1.165) is 12.4 Å². The lowest BCUT2D eigenvalue weighted by molar-refractivity contribution is 0.318. The molecule has 12 heavy (non-hydrogen) atoms. The molecule has 2 nitrogen and oxygen atoms in total. The monoisotopic (exact) mass is 163 g/mol. The van der Waals surface area contributed by atoms with E-state index in [0.29, 0.717) is 5.92 Å². The van der Waals surface area contributed by atoms with E-state index in [-0.39, 0.29) is 6.04 Å². The quantitative estimate of drug-likeness (QED) is 0.681. The molecule has 1 aromatic carbocycles. The van der Waals surface area contributed by atoms with E-state index in [4.69, 9.17) is 10.5 Å². The van der Waals surface area contributed by atoms with Gasteiger partial charge in [0.2, 0.25) is 0 Å². The van der Waals surface area contributed by atoms with Crippen molar-refractivity contribution >= 4 is 0 Å². The van der Waals surface area contributed by atoms with Gasteiger partial charge in [0.25, 0.3) is 0 Å². The predicted octanol–water partition coefficient (Wildman–Crippen LogP) is 1.51. The van der Waals surface area contributed by atoms with Crippen molar-refractivity contribution in [3.63, 3.8) is 0 Å². The molecule has 64 valence electrons. The Morgan fingerprint density at radius 3 is 3.00 bits per heavy atom. The molecule has 0 radical (unpaired) electrons. The summed E-state index contributed by atoms with van der Waals surface area (Å²) in [6.07, 6.45) is 0. The lowest BCUT2D eigenvalue weighted by Crippen LogP contribution is -2.25. The molecule has 2 heteroatoms. The molecule has 1 aliphatic heterocycles. The van der Waals surface area contributed by atoms with Crippen molar-refractivity contribution in [2.24, 2.45) is 5.73 Å². The van der Waals surface area contributed by atoms with Crippen LogP contribution < -0.4 is 10.5 Å². The molecular weight excluding hydrogens is 150 g/mol. The van der Waals surface area contributed by atoms with Crippen molar-refractivity contribution in [2.75, 3.05) is 6.61 Å². The van der Waals surface area contributed by atoms with Gasteiger partial charge in [-0.25, -0.2) is 0 Å². The van der Waals surface area contributed by atoms with Crippen LogP contribution in [-0.4, -0.2) is 12.6 Å². The summed E-state index contributed by atoms with van der Waals surface area (Å²) in [5, 5.41) is 0. The summed E-state index contributed by atoms with van der Waals surface area (Å²) in [6, 6.07) is 8.29. The molecule has 0 bridgehead atoms. The number of hydrogen-bond acceptors (Lipinski definition) is 2. The van der Waals surface area contributed by atoms with Crippen molar-refractivity contribution in [1.29, 1.82) is 0 Å². The molecular formula is C10H13NO. The molecule has 0 amide bonds. The maximum Gasteiger partial charge on any atom is 0.122 e. The van der Waals surface area contributed by atoms with Crippen LogP contribution in [-0.2, 0) is 0 Å². The standard InChI is InChI=1S/C10H13NO/c1-7(11)9-6-12-10-5-3-2-4-8(9)10/h2-5,7,9H,6,11H2,1H3. The Morgan fingerprint density at radius 1 is 1.50 bits per heavy atom. The molecule has 0 saturated heterocycles. The van der Waals surface area contributed by atoms with E-state index < -0.39 is 0 Å². The third-order valence-electron chi connectivity index (χ3n) is 2.37. The zero-order valence-electron chi connectivity index (χ0n) is 7.16. The topological polar surface area (TPSA) is 35.2 Å². The molecule has 2 unspecified atom stereocenters. The van der Waals surface area contributed by atoms with Gasteiger partial charge in [-0.05, 0) is 13.0 Å². The number of nitrogens with two attached hydrogens (primary N) is 1. The van der Waals surface area contributed by atoms with Gasteiger partial charge < -0.3 is 10.5 Å². The molecule has 0 saturated carbocycles. The van der Waals surface area contributed by atoms with Gasteiger partial charge in [-0.1, -0.05) is 18.2 Å². The number of para-hydroxylation sites is 1. The largest absolute Gasteiger partial charge is 0.493 e. The fourth-order valence-electron chi connectivity index (χ4n) is 1.62. The smallest absolute Gasteiger partial charge is 0.122 e. The molecule has 0 spiro atoms. The number of hydrogen-bond donors (Lipinski definition) is 1. The van der Waals surface area contributed by atoms with E-state index in [9.17, 15) is 0 Å². The maximum atomic E-state index is 5.83. The van der Waals surface area contributed by atoms with E-state index >= 15 is 0 Å². The Bertz CT molecular complexity index is 283. The van der Waals surface area contributed by atoms with Crippen molar-refractivity contribution < 1.29 is 4.74 Å². The van der Waals surface area contributed by atoms with Crippen LogP contribution in [0.25, 0.3) is 0 Å². The number of fused-ring (bicyclic) bond motifs is 1. The van der Waals surface area contributed by atoms with Crippen LogP contribution in [0, 0.1) is 0 Å². The van der Waals surface area contributed by atoms with Crippen LogP contribution in [0.5, 0.6) is 5.75 Å². The summed E-state index contributed by atoms with van der Waals surface area (Å²) in [5.41, 5.74) is 7.09. The second-order valence-electron chi connectivity index (χ2n) is 3.31. The van der Waals surface area contributed by atoms with Crippen LogP contribution in [0.2, 0.25) is 0 Å². The highest BCUT2D eigenvalue weighted by Gasteiger charge is 2.26. The molecule has 0 fully saturated rings. The molecule has 2 rings (SSSR count). The lowest BCUT2D eigenvalue weighted by Gasteiger charge is -2.11. The fraction of sp³-hybridized carbons (Fsp3) is 0.400. The van der Waals surface area contributed by atoms with Crippen LogP contribution in [0.1, 0.15) is 18.4 Å². The lowest BCUT2D eigenvalue weighted by atomic mass is 9.95. The highest BCUT2D eigenvalue weighted by Crippen LogP contribution is 2.34. The van der Waals surface area contributed by atoms with Crippen molar-refractivity contribution in [2.45, 2.75) is 18.9 Å². The molecule has 0 aliphatic carbocycles. The fourth-order valence-corrected chi connectivity index (χ4v) is 1.62. The third kappa shape index (κ3) is 1.08. The minimum Gasteiger partial charge on any atom is -0.493 e. The molecule has 1 heterocycles. The molecule has 2 N–H and O–H groups in total. The summed E-state index contributed by atoms with van der Waals surface area (Å²) in [4.78, 5) is 0. The SMILES string of the molecule is CC(N)C1COc2ccccc21. The predicted molar refractivity (Wildman–Crippen MR) is 48.3 cm³/mol. The molecule has 1 aliphatic rings. The average molecular weight is 163 g/mol. The normalized spacial score (nSPS) is 23.0. The van der Waals surface area contributed by atoms with Gasteiger partial charge in [0.1, 0.15) is 5.75 Å². The first kappa shape index (κ1) is 7.62. The Labute approximate surface area is 72.3 Å². The molecule has 2 atom stereocenters. The van der Waals surface area contributed by atoms with Crippen LogP contribution in [0.3, 0.4) is 0 Å². The van der Waals surface area contributed by atoms with Gasteiger partial charge in [-0.15, -0.1) is 0 Å². The zero-order chi connectivity index (χ0) is 8.55. The van der Waals surface area contributed by atoms with Crippen molar-refractivity contribution in [1.82, 2.24) is 0 Å². The zero-order valence-corrected chi connectivity index (χ0v) is 7.16. The van der Waals surface area contributed by atoms with Gasteiger partial charge in [-0.3, -0.25) is 0 Å². The third-order valence-corrected chi connectivity index (χ3v) is 2.37. The summed E-state index contributed by atoms with van der Waals surface area (Å²) in [6.45, 7) is 2.76. The summed E-state index contributed by atoms with van der Waals surface area (Å²) < 4.78 is 5.49. The summed E-state index contributed by atoms with van der Waals surface area (Å²) in [7, 11) is 0. The first-order valence-corrected chi connectivity index (χ1v) is 4.26. The second kappa shape index (κ2) is 2.79. The van der Waals surface area contributed by atoms with Crippen LogP contribution in [0.15, 0.2) is 24.3 Å². The minimum absolute atomic E-state index is 0.175. The van der Waals surface area contributed by atoms with Crippen LogP contribution >= 0.6 is 0 Å².